The highest BCUT2D eigenvalue weighted by Crippen LogP contribution is 2.33. The number of rotatable bonds is 6. The Bertz CT molecular complexity index is 1590. The number of halogens is 1. The number of hydrogen-bond acceptors (Lipinski definition) is 9. The van der Waals surface area contributed by atoms with E-state index in [-0.39, 0.29) is 18.1 Å². The summed E-state index contributed by atoms with van der Waals surface area (Å²) >= 11 is 0. The number of nitrogens with two attached hydrogens (primary N) is 1. The van der Waals surface area contributed by atoms with Gasteiger partial charge >= 0.3 is 0 Å². The van der Waals surface area contributed by atoms with Crippen LogP contribution in [0.15, 0.2) is 36.8 Å². The lowest BCUT2D eigenvalue weighted by atomic mass is 10.0. The van der Waals surface area contributed by atoms with Crippen molar-refractivity contribution >= 4 is 22.4 Å². The zero-order valence-electron chi connectivity index (χ0n) is 20.1. The Kier molecular flexibility index (Phi) is 5.80. The highest BCUT2D eigenvalue weighted by atomic mass is 19.1. The standard InChI is InChI=1S/C25H25FN8O3/c1-14-2-5-33-22(14)25(37-12-15-3-6-36-7-4-15)30-19(31-33)11-34-24-20(23(27)28-13-29-24)21(32-34)16-8-17(26)10-18(35)9-16/h2,5,8-10,13,15,35H,3-4,6-7,11-12H2,1H3,(H2,27,28,29). The van der Waals surface area contributed by atoms with Gasteiger partial charge in [-0.3, -0.25) is 0 Å². The molecule has 1 saturated heterocycles. The Morgan fingerprint density at radius 2 is 2.03 bits per heavy atom. The quantitative estimate of drug-likeness (QED) is 0.357. The van der Waals surface area contributed by atoms with Gasteiger partial charge in [0.1, 0.15) is 41.5 Å². The van der Waals surface area contributed by atoms with E-state index in [1.807, 2.05) is 19.2 Å². The predicted octanol–water partition coefficient (Wildman–Crippen LogP) is 3.13. The number of aromatic nitrogens is 7. The van der Waals surface area contributed by atoms with Crippen LogP contribution in [-0.2, 0) is 11.3 Å². The van der Waals surface area contributed by atoms with E-state index in [0.29, 0.717) is 46.5 Å². The van der Waals surface area contributed by atoms with E-state index < -0.39 is 5.82 Å². The van der Waals surface area contributed by atoms with Crippen molar-refractivity contribution in [3.8, 4) is 22.9 Å². The Morgan fingerprint density at radius 1 is 1.19 bits per heavy atom. The third-order valence-corrected chi connectivity index (χ3v) is 6.53. The Morgan fingerprint density at radius 3 is 2.84 bits per heavy atom. The lowest BCUT2D eigenvalue weighted by Gasteiger charge is -2.22. The number of hydrogen-bond donors (Lipinski definition) is 2. The van der Waals surface area contributed by atoms with Crippen LogP contribution >= 0.6 is 0 Å². The highest BCUT2D eigenvalue weighted by molar-refractivity contribution is 5.98. The first-order chi connectivity index (χ1) is 18.0. The fraction of sp³-hybridized carbons (Fsp3) is 0.320. The third-order valence-electron chi connectivity index (χ3n) is 6.53. The fourth-order valence-corrected chi connectivity index (χ4v) is 4.65. The Labute approximate surface area is 210 Å². The van der Waals surface area contributed by atoms with E-state index in [9.17, 15) is 9.50 Å². The first-order valence-electron chi connectivity index (χ1n) is 12.0. The maximum Gasteiger partial charge on any atom is 0.242 e. The molecule has 0 bridgehead atoms. The van der Waals surface area contributed by atoms with Crippen molar-refractivity contribution in [2.24, 2.45) is 5.92 Å². The van der Waals surface area contributed by atoms with Gasteiger partial charge in [0.15, 0.2) is 11.5 Å². The average molecular weight is 505 g/mol. The zero-order valence-corrected chi connectivity index (χ0v) is 20.1. The molecule has 0 unspecified atom stereocenters. The molecule has 5 aromatic rings. The van der Waals surface area contributed by atoms with E-state index in [1.54, 1.807) is 9.20 Å². The summed E-state index contributed by atoms with van der Waals surface area (Å²) in [6, 6.07) is 5.66. The first-order valence-corrected chi connectivity index (χ1v) is 12.0. The number of aromatic hydroxyl groups is 1. The predicted molar refractivity (Wildman–Crippen MR) is 133 cm³/mol. The van der Waals surface area contributed by atoms with E-state index in [4.69, 9.17) is 20.2 Å². The molecule has 0 atom stereocenters. The lowest BCUT2D eigenvalue weighted by molar-refractivity contribution is 0.0491. The number of aryl methyl sites for hydroxylation is 1. The van der Waals surface area contributed by atoms with Crippen LogP contribution in [0.25, 0.3) is 27.8 Å². The van der Waals surface area contributed by atoms with E-state index in [0.717, 1.165) is 43.2 Å². The molecule has 1 fully saturated rings. The monoisotopic (exact) mass is 504 g/mol. The summed E-state index contributed by atoms with van der Waals surface area (Å²) in [7, 11) is 0. The molecule has 4 aromatic heterocycles. The van der Waals surface area contributed by atoms with Gasteiger partial charge < -0.3 is 20.3 Å². The van der Waals surface area contributed by atoms with Gasteiger partial charge in [-0.25, -0.2) is 23.6 Å². The third kappa shape index (κ3) is 4.40. The fourth-order valence-electron chi connectivity index (χ4n) is 4.65. The molecule has 1 aliphatic heterocycles. The summed E-state index contributed by atoms with van der Waals surface area (Å²) < 4.78 is 29.1. The van der Waals surface area contributed by atoms with Crippen molar-refractivity contribution in [3.63, 3.8) is 0 Å². The molecule has 37 heavy (non-hydrogen) atoms. The second-order valence-electron chi connectivity index (χ2n) is 9.15. The van der Waals surface area contributed by atoms with E-state index in [1.165, 1.54) is 18.5 Å². The van der Waals surface area contributed by atoms with Crippen LogP contribution in [0.5, 0.6) is 11.6 Å². The minimum absolute atomic E-state index is 0.148. The maximum absolute atomic E-state index is 14.1. The van der Waals surface area contributed by atoms with Crippen molar-refractivity contribution in [1.29, 1.82) is 0 Å². The smallest absolute Gasteiger partial charge is 0.242 e. The van der Waals surface area contributed by atoms with Gasteiger partial charge in [-0.1, -0.05) is 0 Å². The number of fused-ring (bicyclic) bond motifs is 2. The summed E-state index contributed by atoms with van der Waals surface area (Å²) in [4.78, 5) is 13.2. The molecule has 0 aliphatic carbocycles. The number of nitrogens with zero attached hydrogens (tertiary/aromatic N) is 7. The second kappa shape index (κ2) is 9.28. The zero-order chi connectivity index (χ0) is 25.5. The Balaban J connectivity index is 1.40. The highest BCUT2D eigenvalue weighted by Gasteiger charge is 2.21. The average Bonchev–Trinajstić information content (AvgIpc) is 3.44. The van der Waals surface area contributed by atoms with Crippen LogP contribution in [0.2, 0.25) is 0 Å². The van der Waals surface area contributed by atoms with Crippen molar-refractivity contribution in [1.82, 2.24) is 34.3 Å². The molecule has 6 rings (SSSR count). The number of phenolic OH excluding ortho intramolecular Hbond substituents is 1. The van der Waals surface area contributed by atoms with Gasteiger partial charge in [-0.05, 0) is 49.4 Å². The topological polar surface area (TPSA) is 138 Å². The normalized spacial score (nSPS) is 14.5. The van der Waals surface area contributed by atoms with Gasteiger partial charge in [0.05, 0.1) is 12.0 Å². The van der Waals surface area contributed by atoms with Crippen LogP contribution in [0.4, 0.5) is 10.2 Å². The first kappa shape index (κ1) is 23.1. The van der Waals surface area contributed by atoms with Gasteiger partial charge in [-0.2, -0.15) is 15.2 Å². The van der Waals surface area contributed by atoms with E-state index in [2.05, 4.69) is 20.2 Å². The summed E-state index contributed by atoms with van der Waals surface area (Å²) in [5, 5.41) is 19.7. The molecular formula is C25H25FN8O3. The van der Waals surface area contributed by atoms with Crippen molar-refractivity contribution in [3.05, 3.63) is 54.0 Å². The van der Waals surface area contributed by atoms with Crippen molar-refractivity contribution in [2.75, 3.05) is 25.6 Å². The van der Waals surface area contributed by atoms with Crippen LogP contribution in [-0.4, -0.2) is 59.3 Å². The molecule has 0 spiro atoms. The maximum atomic E-state index is 14.1. The summed E-state index contributed by atoms with van der Waals surface area (Å²) in [6.07, 6.45) is 5.10. The van der Waals surface area contributed by atoms with Gasteiger partial charge in [0.25, 0.3) is 0 Å². The molecule has 12 heteroatoms. The number of benzene rings is 1. The molecule has 5 heterocycles. The van der Waals surface area contributed by atoms with Crippen molar-refractivity contribution in [2.45, 2.75) is 26.3 Å². The molecule has 11 nitrogen and oxygen atoms in total. The number of ether oxygens (including phenoxy) is 2. The molecule has 1 aliphatic rings. The van der Waals surface area contributed by atoms with Crippen LogP contribution in [0.3, 0.4) is 0 Å². The molecule has 3 N–H and O–H groups in total. The van der Waals surface area contributed by atoms with Crippen LogP contribution < -0.4 is 10.5 Å². The second-order valence-corrected chi connectivity index (χ2v) is 9.15. The Hall–Kier alpha value is -4.32. The molecule has 190 valence electrons. The van der Waals surface area contributed by atoms with Gasteiger partial charge in [0.2, 0.25) is 5.88 Å². The summed E-state index contributed by atoms with van der Waals surface area (Å²) in [6.45, 7) is 4.16. The van der Waals surface area contributed by atoms with Crippen molar-refractivity contribution < 1.29 is 19.0 Å². The molecule has 0 radical (unpaired) electrons. The summed E-state index contributed by atoms with van der Waals surface area (Å²) in [5.74, 6) is 0.711. The molecule has 0 saturated carbocycles. The van der Waals surface area contributed by atoms with Gasteiger partial charge in [-0.15, -0.1) is 0 Å². The van der Waals surface area contributed by atoms with Gasteiger partial charge in [0, 0.05) is 31.0 Å². The summed E-state index contributed by atoms with van der Waals surface area (Å²) in [5.41, 5.74) is 9.10. The SMILES string of the molecule is Cc1ccn2nc(Cn3nc(-c4cc(O)cc(F)c4)c4c(N)ncnc43)nc(OCC3CCOCC3)c12. The number of anilines is 1. The lowest BCUT2D eigenvalue weighted by Crippen LogP contribution is -2.22. The number of phenols is 1. The van der Waals surface area contributed by atoms with Crippen LogP contribution in [0, 0.1) is 18.7 Å². The minimum atomic E-state index is -0.601. The van der Waals surface area contributed by atoms with E-state index >= 15 is 0 Å². The van der Waals surface area contributed by atoms with Crippen LogP contribution in [0.1, 0.15) is 24.2 Å². The number of nitrogen functional groups attached to an aromatic ring is 1. The minimum Gasteiger partial charge on any atom is -0.508 e. The largest absolute Gasteiger partial charge is 0.508 e. The molecule has 1 aromatic carbocycles. The molecule has 0 amide bonds. The molecular weight excluding hydrogens is 479 g/mol.